The van der Waals surface area contributed by atoms with Crippen LogP contribution >= 0.6 is 0 Å². The Kier molecular flexibility index (Phi) is 6.70. The molecule has 0 bridgehead atoms. The second kappa shape index (κ2) is 9.64. The molecule has 31 heavy (non-hydrogen) atoms. The monoisotopic (exact) mass is 422 g/mol. The highest BCUT2D eigenvalue weighted by molar-refractivity contribution is 5.88. The maximum Gasteiger partial charge on any atom is 0.260 e. The van der Waals surface area contributed by atoms with Crippen LogP contribution in [0.2, 0.25) is 0 Å². The highest BCUT2D eigenvalue weighted by Crippen LogP contribution is 2.29. The van der Waals surface area contributed by atoms with Crippen molar-refractivity contribution in [3.05, 3.63) is 41.2 Å². The van der Waals surface area contributed by atoms with Gasteiger partial charge in [0.1, 0.15) is 16.9 Å². The van der Waals surface area contributed by atoms with E-state index in [0.29, 0.717) is 29.8 Å². The molecule has 7 nitrogen and oxygen atoms in total. The second-order valence-corrected chi connectivity index (χ2v) is 8.80. The van der Waals surface area contributed by atoms with Crippen molar-refractivity contribution in [2.75, 3.05) is 5.73 Å². The van der Waals surface area contributed by atoms with Crippen molar-refractivity contribution in [1.82, 2.24) is 25.1 Å². The molecule has 1 fully saturated rings. The Morgan fingerprint density at radius 2 is 2.03 bits per heavy atom. The molecule has 1 aliphatic rings. The number of fused-ring (bicyclic) bond motifs is 1. The number of benzene rings is 1. The fraction of sp³-hybridized carbons (Fsp3) is 0.542. The summed E-state index contributed by atoms with van der Waals surface area (Å²) < 4.78 is 8.20. The van der Waals surface area contributed by atoms with Gasteiger partial charge >= 0.3 is 0 Å². The fourth-order valence-corrected chi connectivity index (χ4v) is 3.98. The molecule has 166 valence electrons. The first kappa shape index (κ1) is 21.6. The largest absolute Gasteiger partial charge is 0.472 e. The van der Waals surface area contributed by atoms with Crippen molar-refractivity contribution in [3.63, 3.8) is 0 Å². The van der Waals surface area contributed by atoms with Crippen molar-refractivity contribution in [1.29, 1.82) is 0 Å². The average Bonchev–Trinajstić information content (AvgIpc) is 3.07. The standard InChI is InChI=1S/C24H34N6O/c1-4-5-12-20-27-21-22(24(31-16(2)3)29-28-23(21)25)30(20)15-18-9-6-8-17(13-18)14-26-19-10-7-11-19/h6,8-9,13,16,19,26H,4-5,7,10-12,14-15H2,1-3H3,(H2,25,28). The molecule has 0 saturated heterocycles. The number of nitrogens with one attached hydrogen (secondary N) is 1. The number of hydrogen-bond donors (Lipinski definition) is 2. The highest BCUT2D eigenvalue weighted by Gasteiger charge is 2.21. The first-order valence-corrected chi connectivity index (χ1v) is 11.5. The van der Waals surface area contributed by atoms with Crippen molar-refractivity contribution in [2.45, 2.75) is 84.5 Å². The molecule has 0 aliphatic heterocycles. The summed E-state index contributed by atoms with van der Waals surface area (Å²) in [6.07, 6.45) is 6.98. The zero-order valence-corrected chi connectivity index (χ0v) is 18.9. The molecule has 0 radical (unpaired) electrons. The number of hydrogen-bond acceptors (Lipinski definition) is 6. The Morgan fingerprint density at radius 3 is 2.74 bits per heavy atom. The van der Waals surface area contributed by atoms with Crippen LogP contribution in [0.15, 0.2) is 24.3 Å². The summed E-state index contributed by atoms with van der Waals surface area (Å²) in [6, 6.07) is 9.46. The lowest BCUT2D eigenvalue weighted by atomic mass is 9.93. The minimum absolute atomic E-state index is 0.00975. The van der Waals surface area contributed by atoms with Gasteiger partial charge in [-0.25, -0.2) is 4.98 Å². The van der Waals surface area contributed by atoms with E-state index in [2.05, 4.69) is 51.3 Å². The predicted molar refractivity (Wildman–Crippen MR) is 124 cm³/mol. The third-order valence-corrected chi connectivity index (χ3v) is 5.87. The van der Waals surface area contributed by atoms with Crippen LogP contribution in [-0.4, -0.2) is 31.9 Å². The van der Waals surface area contributed by atoms with Crippen LogP contribution in [0.1, 0.15) is 69.8 Å². The first-order chi connectivity index (χ1) is 15.0. The van der Waals surface area contributed by atoms with Gasteiger partial charge in [0.25, 0.3) is 5.88 Å². The molecule has 7 heteroatoms. The summed E-state index contributed by atoms with van der Waals surface area (Å²) in [6.45, 7) is 7.77. The lowest BCUT2D eigenvalue weighted by molar-refractivity contribution is 0.232. The third kappa shape index (κ3) is 4.98. The van der Waals surface area contributed by atoms with Gasteiger partial charge in [-0.3, -0.25) is 0 Å². The summed E-state index contributed by atoms with van der Waals surface area (Å²) in [7, 11) is 0. The van der Waals surface area contributed by atoms with Gasteiger partial charge in [-0.05, 0) is 44.2 Å². The number of unbranched alkanes of at least 4 members (excludes halogenated alkanes) is 1. The Morgan fingerprint density at radius 1 is 1.23 bits per heavy atom. The molecular formula is C24H34N6O. The zero-order chi connectivity index (χ0) is 21.8. The number of nitrogens with zero attached hydrogens (tertiary/aromatic N) is 4. The quantitative estimate of drug-likeness (QED) is 0.508. The van der Waals surface area contributed by atoms with Crippen LogP contribution in [0.4, 0.5) is 5.82 Å². The average molecular weight is 423 g/mol. The maximum atomic E-state index is 6.16. The normalized spacial score (nSPS) is 14.3. The van der Waals surface area contributed by atoms with Gasteiger partial charge < -0.3 is 20.4 Å². The van der Waals surface area contributed by atoms with E-state index < -0.39 is 0 Å². The molecule has 2 aromatic heterocycles. The van der Waals surface area contributed by atoms with Gasteiger partial charge in [0.15, 0.2) is 5.82 Å². The number of aryl methyl sites for hydroxylation is 1. The lowest BCUT2D eigenvalue weighted by Crippen LogP contribution is -2.34. The number of ether oxygens (including phenoxy) is 1. The molecular weight excluding hydrogens is 388 g/mol. The minimum atomic E-state index is -0.00975. The molecule has 0 amide bonds. The Bertz CT molecular complexity index is 1020. The second-order valence-electron chi connectivity index (χ2n) is 8.80. The lowest BCUT2D eigenvalue weighted by Gasteiger charge is -2.26. The van der Waals surface area contributed by atoms with Crippen LogP contribution < -0.4 is 15.8 Å². The number of nitrogens with two attached hydrogens (primary N) is 1. The third-order valence-electron chi connectivity index (χ3n) is 5.87. The molecule has 0 unspecified atom stereocenters. The Labute approximate surface area is 184 Å². The van der Waals surface area contributed by atoms with Crippen LogP contribution in [0.3, 0.4) is 0 Å². The Hall–Kier alpha value is -2.67. The van der Waals surface area contributed by atoms with E-state index in [1.807, 2.05) is 13.8 Å². The number of aromatic nitrogens is 4. The number of nitrogen functional groups attached to an aromatic ring is 1. The van der Waals surface area contributed by atoms with E-state index in [1.54, 1.807) is 0 Å². The molecule has 2 heterocycles. The van der Waals surface area contributed by atoms with E-state index in [1.165, 1.54) is 30.4 Å². The van der Waals surface area contributed by atoms with Gasteiger partial charge in [-0.2, -0.15) is 0 Å². The summed E-state index contributed by atoms with van der Waals surface area (Å²) in [5.74, 6) is 1.85. The zero-order valence-electron chi connectivity index (χ0n) is 18.9. The first-order valence-electron chi connectivity index (χ1n) is 11.5. The van der Waals surface area contributed by atoms with E-state index in [4.69, 9.17) is 15.5 Å². The molecule has 4 rings (SSSR count). The maximum absolute atomic E-state index is 6.16. The molecule has 3 aromatic rings. The van der Waals surface area contributed by atoms with Crippen molar-refractivity contribution >= 4 is 16.9 Å². The van der Waals surface area contributed by atoms with Gasteiger partial charge in [0, 0.05) is 25.6 Å². The minimum Gasteiger partial charge on any atom is -0.472 e. The SMILES string of the molecule is CCCCc1nc2c(N)nnc(OC(C)C)c2n1Cc1cccc(CNC2CCC2)c1. The Balaban J connectivity index is 1.68. The number of anilines is 1. The fourth-order valence-electron chi connectivity index (χ4n) is 3.98. The van der Waals surface area contributed by atoms with Gasteiger partial charge in [0.05, 0.1) is 6.10 Å². The molecule has 3 N–H and O–H groups in total. The van der Waals surface area contributed by atoms with E-state index >= 15 is 0 Å². The van der Waals surface area contributed by atoms with Crippen molar-refractivity contribution in [3.8, 4) is 5.88 Å². The summed E-state index contributed by atoms with van der Waals surface area (Å²) >= 11 is 0. The molecule has 0 atom stereocenters. The van der Waals surface area contributed by atoms with E-state index in [9.17, 15) is 0 Å². The highest BCUT2D eigenvalue weighted by atomic mass is 16.5. The summed E-state index contributed by atoms with van der Waals surface area (Å²) in [5, 5.41) is 12.0. The van der Waals surface area contributed by atoms with Gasteiger partial charge in [-0.15, -0.1) is 10.2 Å². The van der Waals surface area contributed by atoms with Crippen molar-refractivity contribution in [2.24, 2.45) is 0 Å². The van der Waals surface area contributed by atoms with Crippen LogP contribution in [0, 0.1) is 0 Å². The van der Waals surface area contributed by atoms with Crippen LogP contribution in [0.5, 0.6) is 5.88 Å². The molecule has 1 aliphatic carbocycles. The van der Waals surface area contributed by atoms with E-state index in [-0.39, 0.29) is 6.10 Å². The van der Waals surface area contributed by atoms with Gasteiger partial charge in [0.2, 0.25) is 0 Å². The topological polar surface area (TPSA) is 90.9 Å². The number of rotatable bonds is 10. The van der Waals surface area contributed by atoms with Gasteiger partial charge in [-0.1, -0.05) is 44.0 Å². The smallest absolute Gasteiger partial charge is 0.260 e. The van der Waals surface area contributed by atoms with Crippen molar-refractivity contribution < 1.29 is 4.74 Å². The van der Waals surface area contributed by atoms with Crippen LogP contribution in [-0.2, 0) is 19.5 Å². The molecule has 1 saturated carbocycles. The molecule has 0 spiro atoms. The van der Waals surface area contributed by atoms with Crippen LogP contribution in [0.25, 0.3) is 11.0 Å². The van der Waals surface area contributed by atoms with E-state index in [0.717, 1.165) is 37.1 Å². The summed E-state index contributed by atoms with van der Waals surface area (Å²) in [4.78, 5) is 4.86. The number of imidazole rings is 1. The summed E-state index contributed by atoms with van der Waals surface area (Å²) in [5.41, 5.74) is 10.2. The predicted octanol–water partition coefficient (Wildman–Crippen LogP) is 4.23. The molecule has 1 aromatic carbocycles.